The van der Waals surface area contributed by atoms with Gasteiger partial charge in [0.1, 0.15) is 6.61 Å². The highest BCUT2D eigenvalue weighted by Gasteiger charge is 2.37. The Labute approximate surface area is 167 Å². The maximum Gasteiger partial charge on any atom is 0.407 e. The number of ether oxygens (including phenoxy) is 4. The minimum Gasteiger partial charge on any atom is -0.445 e. The molecule has 28 heavy (non-hydrogen) atoms. The SMILES string of the molecule is C=CCOC(=O)N[C@@H](CCC)C(OC1CCCC(COC)O1)C(=O)NC1CC1. The third-order valence-corrected chi connectivity index (χ3v) is 4.74. The quantitative estimate of drug-likeness (QED) is 0.490. The zero-order valence-corrected chi connectivity index (χ0v) is 17.0. The van der Waals surface area contributed by atoms with Crippen LogP contribution in [0.1, 0.15) is 51.9 Å². The maximum atomic E-state index is 12.9. The van der Waals surface area contributed by atoms with Gasteiger partial charge in [-0.2, -0.15) is 0 Å². The molecule has 1 saturated heterocycles. The van der Waals surface area contributed by atoms with Crippen molar-refractivity contribution in [1.82, 2.24) is 10.6 Å². The summed E-state index contributed by atoms with van der Waals surface area (Å²) in [5, 5.41) is 5.76. The van der Waals surface area contributed by atoms with E-state index < -0.39 is 24.5 Å². The molecule has 0 aromatic rings. The van der Waals surface area contributed by atoms with Crippen LogP contribution in [0, 0.1) is 0 Å². The minimum absolute atomic E-state index is 0.0500. The van der Waals surface area contributed by atoms with Crippen LogP contribution in [0.25, 0.3) is 0 Å². The Morgan fingerprint density at radius 2 is 2.07 bits per heavy atom. The van der Waals surface area contributed by atoms with E-state index in [4.69, 9.17) is 18.9 Å². The Hall–Kier alpha value is -1.64. The van der Waals surface area contributed by atoms with Crippen molar-refractivity contribution < 1.29 is 28.5 Å². The van der Waals surface area contributed by atoms with E-state index >= 15 is 0 Å². The summed E-state index contributed by atoms with van der Waals surface area (Å²) >= 11 is 0. The minimum atomic E-state index is -0.844. The average molecular weight is 399 g/mol. The molecule has 0 aromatic heterocycles. The first-order chi connectivity index (χ1) is 13.6. The molecule has 2 amide bonds. The predicted molar refractivity (Wildman–Crippen MR) is 104 cm³/mol. The molecule has 8 heteroatoms. The molecule has 1 aliphatic heterocycles. The molecule has 0 bridgehead atoms. The zero-order chi connectivity index (χ0) is 20.4. The Bertz CT molecular complexity index is 509. The molecule has 3 unspecified atom stereocenters. The van der Waals surface area contributed by atoms with Crippen LogP contribution in [-0.4, -0.2) is 62.9 Å². The standard InChI is InChI=1S/C20H34N2O6/c1-4-7-16(22-20(24)26-12-5-2)18(19(23)21-14-10-11-14)28-17-9-6-8-15(27-17)13-25-3/h5,14-18H,2,4,6-13H2,1,3H3,(H,21,23)(H,22,24)/t15?,16-,17?,18?/m0/s1. The summed E-state index contributed by atoms with van der Waals surface area (Å²) in [5.74, 6) is -0.220. The third-order valence-electron chi connectivity index (χ3n) is 4.74. The first-order valence-corrected chi connectivity index (χ1v) is 10.2. The second-order valence-corrected chi connectivity index (χ2v) is 7.34. The highest BCUT2D eigenvalue weighted by atomic mass is 16.7. The molecule has 4 atom stereocenters. The second-order valence-electron chi connectivity index (χ2n) is 7.34. The smallest absolute Gasteiger partial charge is 0.407 e. The Balaban J connectivity index is 2.04. The van der Waals surface area contributed by atoms with Crippen molar-refractivity contribution in [2.24, 2.45) is 0 Å². The zero-order valence-electron chi connectivity index (χ0n) is 17.0. The summed E-state index contributed by atoms with van der Waals surface area (Å²) in [6.07, 6.45) is 5.35. The van der Waals surface area contributed by atoms with E-state index in [1.807, 2.05) is 6.92 Å². The lowest BCUT2D eigenvalue weighted by atomic mass is 10.0. The number of amides is 2. The number of rotatable bonds is 12. The van der Waals surface area contributed by atoms with Gasteiger partial charge in [-0.05, 0) is 38.5 Å². The first kappa shape index (κ1) is 22.6. The van der Waals surface area contributed by atoms with E-state index in [9.17, 15) is 9.59 Å². The second kappa shape index (κ2) is 12.0. The molecule has 2 aliphatic rings. The van der Waals surface area contributed by atoms with Gasteiger partial charge in [0.15, 0.2) is 12.4 Å². The monoisotopic (exact) mass is 398 g/mol. The number of hydrogen-bond donors (Lipinski definition) is 2. The number of methoxy groups -OCH3 is 1. The molecule has 1 saturated carbocycles. The summed E-state index contributed by atoms with van der Waals surface area (Å²) in [4.78, 5) is 24.9. The topological polar surface area (TPSA) is 95.1 Å². The lowest BCUT2D eigenvalue weighted by Gasteiger charge is -2.34. The van der Waals surface area contributed by atoms with E-state index in [-0.39, 0.29) is 24.7 Å². The number of carbonyl (C=O) groups is 2. The van der Waals surface area contributed by atoms with Crippen LogP contribution in [-0.2, 0) is 23.7 Å². The highest BCUT2D eigenvalue weighted by molar-refractivity contribution is 5.83. The summed E-state index contributed by atoms with van der Waals surface area (Å²) in [6.45, 7) is 6.12. The number of carbonyl (C=O) groups excluding carboxylic acids is 2. The van der Waals surface area contributed by atoms with Crippen molar-refractivity contribution in [3.8, 4) is 0 Å². The van der Waals surface area contributed by atoms with Gasteiger partial charge in [0.25, 0.3) is 5.91 Å². The predicted octanol–water partition coefficient (Wildman–Crippen LogP) is 2.27. The summed E-state index contributed by atoms with van der Waals surface area (Å²) in [7, 11) is 1.63. The van der Waals surface area contributed by atoms with Gasteiger partial charge in [-0.15, -0.1) is 0 Å². The normalized spacial score (nSPS) is 24.1. The van der Waals surface area contributed by atoms with Crippen molar-refractivity contribution in [1.29, 1.82) is 0 Å². The van der Waals surface area contributed by atoms with Crippen molar-refractivity contribution in [2.75, 3.05) is 20.3 Å². The molecule has 2 N–H and O–H groups in total. The van der Waals surface area contributed by atoms with E-state index in [1.54, 1.807) is 7.11 Å². The molecule has 1 aliphatic carbocycles. The van der Waals surface area contributed by atoms with Crippen molar-refractivity contribution in [3.63, 3.8) is 0 Å². The Morgan fingerprint density at radius 1 is 1.29 bits per heavy atom. The molecule has 0 aromatic carbocycles. The van der Waals surface area contributed by atoms with Gasteiger partial charge in [-0.3, -0.25) is 4.79 Å². The molecular weight excluding hydrogens is 364 g/mol. The molecule has 0 spiro atoms. The largest absolute Gasteiger partial charge is 0.445 e. The van der Waals surface area contributed by atoms with Crippen LogP contribution in [0.4, 0.5) is 4.79 Å². The molecule has 2 fully saturated rings. The van der Waals surface area contributed by atoms with Gasteiger partial charge in [-0.1, -0.05) is 26.0 Å². The van der Waals surface area contributed by atoms with Crippen molar-refractivity contribution in [2.45, 2.75) is 82.5 Å². The van der Waals surface area contributed by atoms with Crippen LogP contribution in [0.2, 0.25) is 0 Å². The Kier molecular flexibility index (Phi) is 9.73. The van der Waals surface area contributed by atoms with Crippen LogP contribution < -0.4 is 10.6 Å². The maximum absolute atomic E-state index is 12.9. The van der Waals surface area contributed by atoms with Crippen LogP contribution in [0.5, 0.6) is 0 Å². The fourth-order valence-electron chi connectivity index (χ4n) is 3.22. The van der Waals surface area contributed by atoms with Crippen LogP contribution in [0.15, 0.2) is 12.7 Å². The van der Waals surface area contributed by atoms with Crippen molar-refractivity contribution >= 4 is 12.0 Å². The van der Waals surface area contributed by atoms with Gasteiger partial charge >= 0.3 is 6.09 Å². The highest BCUT2D eigenvalue weighted by Crippen LogP contribution is 2.24. The molecule has 160 valence electrons. The Morgan fingerprint density at radius 3 is 2.71 bits per heavy atom. The molecule has 1 heterocycles. The molecule has 8 nitrogen and oxygen atoms in total. The van der Waals surface area contributed by atoms with E-state index in [0.29, 0.717) is 19.4 Å². The van der Waals surface area contributed by atoms with Crippen LogP contribution >= 0.6 is 0 Å². The fraction of sp³-hybridized carbons (Fsp3) is 0.800. The van der Waals surface area contributed by atoms with Gasteiger partial charge in [0, 0.05) is 13.2 Å². The molecular formula is C20H34N2O6. The molecule has 0 radical (unpaired) electrons. The summed E-state index contributed by atoms with van der Waals surface area (Å²) in [6, 6.07) is -0.311. The first-order valence-electron chi connectivity index (χ1n) is 10.2. The third kappa shape index (κ3) is 7.77. The van der Waals surface area contributed by atoms with Gasteiger partial charge in [0.2, 0.25) is 0 Å². The van der Waals surface area contributed by atoms with E-state index in [2.05, 4.69) is 17.2 Å². The van der Waals surface area contributed by atoms with Gasteiger partial charge in [-0.25, -0.2) is 4.79 Å². The summed E-state index contributed by atoms with van der Waals surface area (Å²) in [5.41, 5.74) is 0. The molecule has 2 rings (SSSR count). The van der Waals surface area contributed by atoms with Crippen LogP contribution in [0.3, 0.4) is 0 Å². The van der Waals surface area contributed by atoms with E-state index in [0.717, 1.165) is 32.1 Å². The van der Waals surface area contributed by atoms with Gasteiger partial charge in [0.05, 0.1) is 18.8 Å². The van der Waals surface area contributed by atoms with Gasteiger partial charge < -0.3 is 29.6 Å². The number of alkyl carbamates (subject to hydrolysis) is 1. The average Bonchev–Trinajstić information content (AvgIpc) is 3.48. The lowest BCUT2D eigenvalue weighted by molar-refractivity contribution is -0.225. The number of hydrogen-bond acceptors (Lipinski definition) is 6. The lowest BCUT2D eigenvalue weighted by Crippen LogP contribution is -2.54. The van der Waals surface area contributed by atoms with E-state index in [1.165, 1.54) is 6.08 Å². The van der Waals surface area contributed by atoms with Crippen molar-refractivity contribution in [3.05, 3.63) is 12.7 Å². The number of nitrogens with one attached hydrogen (secondary N) is 2. The summed E-state index contributed by atoms with van der Waals surface area (Å²) < 4.78 is 22.2. The fourth-order valence-corrected chi connectivity index (χ4v) is 3.22.